The zero-order chi connectivity index (χ0) is 32.6. The molecule has 1 aromatic heterocycles. The van der Waals surface area contributed by atoms with E-state index in [1.54, 1.807) is 24.5 Å². The highest BCUT2D eigenvalue weighted by Gasteiger charge is 2.33. The normalized spacial score (nSPS) is 15.0. The molecule has 0 spiro atoms. The molecule has 0 fully saturated rings. The summed E-state index contributed by atoms with van der Waals surface area (Å²) in [6.07, 6.45) is 4.69. The minimum Gasteiger partial charge on any atom is -0.480 e. The van der Waals surface area contributed by atoms with Crippen LogP contribution in [-0.2, 0) is 33.3 Å². The number of carbonyl (C=O) groups excluding carboxylic acids is 1. The summed E-state index contributed by atoms with van der Waals surface area (Å²) in [5, 5.41) is 13.1. The summed E-state index contributed by atoms with van der Waals surface area (Å²) in [5.74, 6) is 4.16. The minimum atomic E-state index is -1.04. The number of aliphatic carboxylic acids is 1. The monoisotopic (exact) mass is 650 g/mol. The Balaban J connectivity index is 1.58. The Hall–Kier alpha value is -4.12. The number of ether oxygens (including phenoxy) is 5. The van der Waals surface area contributed by atoms with E-state index in [1.165, 1.54) is 30.5 Å². The molecular formula is C29H36ClFN6O8. The SMILES string of the molecule is COC(=O)C1=C(COC/C(N)=C/N(N)CCOCCOCCOCC(=O)O)NC(c2ccncc2)=NC1c1ccc(F)cc1Cl. The number of benzene rings is 1. The van der Waals surface area contributed by atoms with Gasteiger partial charge in [0, 0.05) is 34.7 Å². The predicted molar refractivity (Wildman–Crippen MR) is 161 cm³/mol. The molecule has 1 aliphatic rings. The van der Waals surface area contributed by atoms with Gasteiger partial charge in [0.1, 0.15) is 24.3 Å². The van der Waals surface area contributed by atoms with Crippen molar-refractivity contribution < 1.29 is 42.8 Å². The van der Waals surface area contributed by atoms with Crippen molar-refractivity contribution in [2.24, 2.45) is 16.6 Å². The topological polar surface area (TPSA) is 193 Å². The molecule has 0 amide bonds. The summed E-state index contributed by atoms with van der Waals surface area (Å²) in [6, 6.07) is 6.42. The maximum Gasteiger partial charge on any atom is 0.338 e. The van der Waals surface area contributed by atoms with E-state index < -0.39 is 23.8 Å². The molecule has 16 heteroatoms. The third kappa shape index (κ3) is 11.7. The van der Waals surface area contributed by atoms with Gasteiger partial charge in [-0.3, -0.25) is 9.98 Å². The van der Waals surface area contributed by atoms with Crippen LogP contribution in [0.1, 0.15) is 17.2 Å². The fourth-order valence-electron chi connectivity index (χ4n) is 4.02. The van der Waals surface area contributed by atoms with E-state index >= 15 is 0 Å². The zero-order valence-corrected chi connectivity index (χ0v) is 25.4. The van der Waals surface area contributed by atoms with Crippen LogP contribution in [0.2, 0.25) is 5.02 Å². The van der Waals surface area contributed by atoms with Gasteiger partial charge in [-0.2, -0.15) is 0 Å². The molecule has 0 saturated heterocycles. The van der Waals surface area contributed by atoms with Crippen LogP contribution < -0.4 is 16.9 Å². The van der Waals surface area contributed by atoms with Crippen molar-refractivity contribution in [3.63, 3.8) is 0 Å². The van der Waals surface area contributed by atoms with Crippen LogP contribution in [0.25, 0.3) is 0 Å². The minimum absolute atomic E-state index is 0.0321. The van der Waals surface area contributed by atoms with Crippen molar-refractivity contribution >= 4 is 29.4 Å². The van der Waals surface area contributed by atoms with Gasteiger partial charge in [0.05, 0.1) is 76.9 Å². The fraction of sp³-hybridized carbons (Fsp3) is 0.379. The number of hydrogen-bond acceptors (Lipinski definition) is 13. The van der Waals surface area contributed by atoms with E-state index in [4.69, 9.17) is 57.0 Å². The molecule has 2 heterocycles. The number of pyridine rings is 1. The molecule has 1 aliphatic heterocycles. The first-order valence-electron chi connectivity index (χ1n) is 13.7. The molecule has 14 nitrogen and oxygen atoms in total. The molecule has 2 aromatic rings. The van der Waals surface area contributed by atoms with Gasteiger partial charge in [-0.25, -0.2) is 19.8 Å². The molecule has 3 rings (SSSR count). The highest BCUT2D eigenvalue weighted by Crippen LogP contribution is 2.36. The number of hydrazine groups is 1. The number of carboxylic acids is 1. The number of carbonyl (C=O) groups is 2. The third-order valence-electron chi connectivity index (χ3n) is 6.05. The number of nitrogens with two attached hydrogens (primary N) is 2. The predicted octanol–water partition coefficient (Wildman–Crippen LogP) is 1.52. The number of esters is 1. The first-order valence-corrected chi connectivity index (χ1v) is 14.1. The summed E-state index contributed by atoms with van der Waals surface area (Å²) in [4.78, 5) is 32.1. The molecular weight excluding hydrogens is 615 g/mol. The second-order valence-corrected chi connectivity index (χ2v) is 9.80. The van der Waals surface area contributed by atoms with Crippen molar-refractivity contribution in [3.05, 3.63) is 87.9 Å². The number of halogens is 2. The number of methoxy groups -OCH3 is 1. The quantitative estimate of drug-likeness (QED) is 0.0741. The lowest BCUT2D eigenvalue weighted by molar-refractivity contribution is -0.142. The molecule has 0 saturated carbocycles. The molecule has 0 bridgehead atoms. The lowest BCUT2D eigenvalue weighted by Gasteiger charge is -2.28. The standard InChI is InChI=1S/C29H36ClFN6O8/c1-41-29(40)26-24(17-45-16-21(32)15-37(33)8-9-42-10-11-43-12-13-44-18-25(38)39)35-28(19-4-6-34-7-5-19)36-27(26)22-3-2-20(31)14-23(22)30/h2-7,14-15,27H,8-13,16-18,32-33H2,1H3,(H,35,36)(H,38,39)/b21-15-. The first-order chi connectivity index (χ1) is 21.7. The highest BCUT2D eigenvalue weighted by atomic mass is 35.5. The Labute approximate surface area is 264 Å². The number of carboxylic acid groups (broad SMARTS) is 1. The number of hydrogen-bond donors (Lipinski definition) is 4. The lowest BCUT2D eigenvalue weighted by Crippen LogP contribution is -2.36. The van der Waals surface area contributed by atoms with Gasteiger partial charge in [-0.1, -0.05) is 17.7 Å². The second kappa shape index (κ2) is 18.6. The number of aromatic nitrogens is 1. The van der Waals surface area contributed by atoms with Crippen molar-refractivity contribution in [1.29, 1.82) is 0 Å². The van der Waals surface area contributed by atoms with E-state index in [0.29, 0.717) is 54.7 Å². The fourth-order valence-corrected chi connectivity index (χ4v) is 4.29. The van der Waals surface area contributed by atoms with Gasteiger partial charge in [0.15, 0.2) is 0 Å². The summed E-state index contributed by atoms with van der Waals surface area (Å²) in [6.45, 7) is 1.19. The smallest absolute Gasteiger partial charge is 0.338 e. The Bertz CT molecular complexity index is 1380. The van der Waals surface area contributed by atoms with Crippen LogP contribution in [0.4, 0.5) is 4.39 Å². The Morgan fingerprint density at radius 1 is 1.07 bits per heavy atom. The summed E-state index contributed by atoms with van der Waals surface area (Å²) < 4.78 is 40.3. The van der Waals surface area contributed by atoms with Crippen LogP contribution >= 0.6 is 11.6 Å². The molecule has 244 valence electrons. The molecule has 0 aliphatic carbocycles. The van der Waals surface area contributed by atoms with E-state index in [9.17, 15) is 14.0 Å². The zero-order valence-electron chi connectivity index (χ0n) is 24.6. The van der Waals surface area contributed by atoms with Gasteiger partial charge < -0.3 is 44.9 Å². The number of nitrogens with zero attached hydrogens (tertiary/aromatic N) is 3. The van der Waals surface area contributed by atoms with Gasteiger partial charge in [-0.15, -0.1) is 0 Å². The second-order valence-electron chi connectivity index (χ2n) is 9.40. The Morgan fingerprint density at radius 2 is 1.76 bits per heavy atom. The molecule has 6 N–H and O–H groups in total. The van der Waals surface area contributed by atoms with Crippen molar-refractivity contribution in [1.82, 2.24) is 15.3 Å². The van der Waals surface area contributed by atoms with Gasteiger partial charge in [0.2, 0.25) is 0 Å². The average Bonchev–Trinajstić information content (AvgIpc) is 3.01. The van der Waals surface area contributed by atoms with Crippen molar-refractivity contribution in [3.8, 4) is 0 Å². The summed E-state index contributed by atoms with van der Waals surface area (Å²) in [7, 11) is 1.24. The number of aliphatic imine (C=N–C) groups is 1. The number of nitrogens with one attached hydrogen (secondary N) is 1. The first kappa shape index (κ1) is 35.4. The largest absolute Gasteiger partial charge is 0.480 e. The van der Waals surface area contributed by atoms with Gasteiger partial charge >= 0.3 is 11.9 Å². The summed E-state index contributed by atoms with van der Waals surface area (Å²) in [5.41, 5.74) is 7.99. The molecule has 1 aromatic carbocycles. The number of amidine groups is 1. The lowest BCUT2D eigenvalue weighted by atomic mass is 9.95. The Kier molecular flexibility index (Phi) is 14.6. The highest BCUT2D eigenvalue weighted by molar-refractivity contribution is 6.31. The van der Waals surface area contributed by atoms with E-state index in [2.05, 4.69) is 10.3 Å². The van der Waals surface area contributed by atoms with Crippen molar-refractivity contribution in [2.75, 3.05) is 66.5 Å². The van der Waals surface area contributed by atoms with Crippen LogP contribution in [0.5, 0.6) is 0 Å². The van der Waals surface area contributed by atoms with Gasteiger partial charge in [-0.05, 0) is 24.3 Å². The van der Waals surface area contributed by atoms with E-state index in [-0.39, 0.29) is 43.6 Å². The van der Waals surface area contributed by atoms with Crippen LogP contribution in [-0.4, -0.2) is 99.4 Å². The van der Waals surface area contributed by atoms with E-state index in [1.807, 2.05) is 0 Å². The molecule has 1 unspecified atom stereocenters. The molecule has 1 atom stereocenters. The summed E-state index contributed by atoms with van der Waals surface area (Å²) >= 11 is 6.38. The van der Waals surface area contributed by atoms with Gasteiger partial charge in [0.25, 0.3) is 0 Å². The maximum atomic E-state index is 13.8. The molecule has 0 radical (unpaired) electrons. The van der Waals surface area contributed by atoms with Crippen LogP contribution in [0.15, 0.2) is 70.9 Å². The third-order valence-corrected chi connectivity index (χ3v) is 6.38. The van der Waals surface area contributed by atoms with E-state index in [0.717, 1.165) is 6.07 Å². The van der Waals surface area contributed by atoms with Crippen molar-refractivity contribution in [2.45, 2.75) is 6.04 Å². The average molecular weight is 651 g/mol. The maximum absolute atomic E-state index is 13.8. The Morgan fingerprint density at radius 3 is 2.42 bits per heavy atom. The van der Waals surface area contributed by atoms with Crippen LogP contribution in [0, 0.1) is 5.82 Å². The molecule has 45 heavy (non-hydrogen) atoms. The number of rotatable bonds is 19. The van der Waals surface area contributed by atoms with Crippen LogP contribution in [0.3, 0.4) is 0 Å².